The Morgan fingerprint density at radius 2 is 1.75 bits per heavy atom. The maximum atomic E-state index is 12.7. The highest BCUT2D eigenvalue weighted by Crippen LogP contribution is 2.38. The molecule has 1 amide bonds. The Balaban J connectivity index is 1.37. The first-order chi connectivity index (χ1) is 15.6. The highest BCUT2D eigenvalue weighted by Gasteiger charge is 2.22. The summed E-state index contributed by atoms with van der Waals surface area (Å²) in [5.74, 6) is 1.58. The van der Waals surface area contributed by atoms with Crippen molar-refractivity contribution >= 4 is 39.8 Å². The Morgan fingerprint density at radius 3 is 2.34 bits per heavy atom. The van der Waals surface area contributed by atoms with E-state index in [4.69, 9.17) is 14.2 Å². The first-order valence-electron chi connectivity index (χ1n) is 10.0. The Labute approximate surface area is 194 Å². The number of thiophene rings is 1. The lowest BCUT2D eigenvalue weighted by Crippen LogP contribution is -2.48. The van der Waals surface area contributed by atoms with Crippen molar-refractivity contribution in [1.29, 1.82) is 0 Å². The average Bonchev–Trinajstić information content (AvgIpc) is 3.54. The zero-order valence-electron chi connectivity index (χ0n) is 18.1. The van der Waals surface area contributed by atoms with Gasteiger partial charge in [-0.05, 0) is 35.2 Å². The number of rotatable bonds is 7. The van der Waals surface area contributed by atoms with Crippen LogP contribution >= 0.6 is 22.7 Å². The van der Waals surface area contributed by atoms with Gasteiger partial charge in [0.25, 0.3) is 0 Å². The van der Waals surface area contributed by atoms with E-state index in [1.165, 1.54) is 0 Å². The monoisotopic (exact) mass is 472 g/mol. The molecule has 32 heavy (non-hydrogen) atoms. The van der Waals surface area contributed by atoms with Crippen molar-refractivity contribution in [3.8, 4) is 27.1 Å². The summed E-state index contributed by atoms with van der Waals surface area (Å²) in [6.07, 6.45) is 3.34. The van der Waals surface area contributed by atoms with Gasteiger partial charge in [-0.3, -0.25) is 4.79 Å². The van der Waals surface area contributed by atoms with E-state index in [0.717, 1.165) is 33.7 Å². The molecule has 0 bridgehead atoms. The topological polar surface area (TPSA) is 77.0 Å². The van der Waals surface area contributed by atoms with Gasteiger partial charge >= 0.3 is 0 Å². The summed E-state index contributed by atoms with van der Waals surface area (Å²) in [7, 11) is 4.69. The van der Waals surface area contributed by atoms with Crippen molar-refractivity contribution in [2.45, 2.75) is 0 Å². The molecule has 3 aromatic rings. The molecule has 3 heterocycles. The minimum absolute atomic E-state index is 0.0325. The lowest BCUT2D eigenvalue weighted by molar-refractivity contribution is -0.126. The van der Waals surface area contributed by atoms with Crippen molar-refractivity contribution in [2.24, 2.45) is 0 Å². The summed E-state index contributed by atoms with van der Waals surface area (Å²) in [4.78, 5) is 17.9. The van der Waals surface area contributed by atoms with Gasteiger partial charge in [-0.1, -0.05) is 17.4 Å². The van der Waals surface area contributed by atoms with Gasteiger partial charge in [0, 0.05) is 32.3 Å². The van der Waals surface area contributed by atoms with Crippen LogP contribution in [0.3, 0.4) is 0 Å². The molecule has 0 saturated carbocycles. The van der Waals surface area contributed by atoms with Crippen LogP contribution in [0.2, 0.25) is 0 Å². The third-order valence-electron chi connectivity index (χ3n) is 5.11. The number of ether oxygens (including phenoxy) is 3. The van der Waals surface area contributed by atoms with Crippen LogP contribution in [0, 0.1) is 0 Å². The Hall–Kier alpha value is -3.11. The molecule has 1 aromatic carbocycles. The van der Waals surface area contributed by atoms with E-state index in [0.29, 0.717) is 30.3 Å². The molecule has 0 radical (unpaired) electrons. The summed E-state index contributed by atoms with van der Waals surface area (Å²) in [6, 6.07) is 7.68. The summed E-state index contributed by atoms with van der Waals surface area (Å²) >= 11 is 3.24. The number of methoxy groups -OCH3 is 3. The molecule has 0 atom stereocenters. The number of aromatic nitrogens is 2. The number of carbonyl (C=O) groups excluding carboxylic acids is 1. The molecule has 1 aliphatic heterocycles. The van der Waals surface area contributed by atoms with E-state index in [-0.39, 0.29) is 5.91 Å². The Morgan fingerprint density at radius 1 is 1.03 bits per heavy atom. The Bertz CT molecular complexity index is 1060. The van der Waals surface area contributed by atoms with Gasteiger partial charge < -0.3 is 24.0 Å². The number of amides is 1. The second-order valence-corrected chi connectivity index (χ2v) is 8.88. The van der Waals surface area contributed by atoms with Crippen LogP contribution in [0.4, 0.5) is 5.13 Å². The van der Waals surface area contributed by atoms with E-state index in [2.05, 4.69) is 15.1 Å². The predicted molar refractivity (Wildman–Crippen MR) is 127 cm³/mol. The van der Waals surface area contributed by atoms with Crippen molar-refractivity contribution in [1.82, 2.24) is 15.1 Å². The second kappa shape index (κ2) is 10.0. The molecule has 1 saturated heterocycles. The number of benzene rings is 1. The van der Waals surface area contributed by atoms with Crippen LogP contribution in [0.25, 0.3) is 16.0 Å². The van der Waals surface area contributed by atoms with Crippen LogP contribution in [-0.4, -0.2) is 68.5 Å². The first kappa shape index (κ1) is 22.1. The predicted octanol–water partition coefficient (Wildman–Crippen LogP) is 3.65. The molecule has 1 fully saturated rings. The molecular weight excluding hydrogens is 448 g/mol. The van der Waals surface area contributed by atoms with E-state index in [9.17, 15) is 4.79 Å². The van der Waals surface area contributed by atoms with Crippen molar-refractivity contribution in [3.63, 3.8) is 0 Å². The number of hydrogen-bond acceptors (Lipinski definition) is 9. The molecule has 168 valence electrons. The van der Waals surface area contributed by atoms with E-state index in [1.54, 1.807) is 56.2 Å². The molecular formula is C22H24N4O4S2. The smallest absolute Gasteiger partial charge is 0.246 e. The molecule has 8 nitrogen and oxygen atoms in total. The summed E-state index contributed by atoms with van der Waals surface area (Å²) < 4.78 is 16.1. The maximum Gasteiger partial charge on any atom is 0.246 e. The fraction of sp³-hybridized carbons (Fsp3) is 0.318. The molecule has 2 aromatic heterocycles. The summed E-state index contributed by atoms with van der Waals surface area (Å²) in [5.41, 5.74) is 0.793. The SMILES string of the molecule is COc1cc(/C=C/C(=O)N2CCN(c3nnc(-c4cccs4)s3)CC2)cc(OC)c1OC. The lowest BCUT2D eigenvalue weighted by Gasteiger charge is -2.33. The molecule has 4 rings (SSSR count). The van der Waals surface area contributed by atoms with Gasteiger partial charge in [-0.2, -0.15) is 0 Å². The van der Waals surface area contributed by atoms with Crippen LogP contribution in [0.15, 0.2) is 35.7 Å². The van der Waals surface area contributed by atoms with Crippen LogP contribution in [0.1, 0.15) is 5.56 Å². The summed E-state index contributed by atoms with van der Waals surface area (Å²) in [6.45, 7) is 2.71. The van der Waals surface area contributed by atoms with Crippen molar-refractivity contribution in [2.75, 3.05) is 52.4 Å². The lowest BCUT2D eigenvalue weighted by atomic mass is 10.1. The standard InChI is InChI=1S/C22H24N4O4S2/c1-28-16-13-15(14-17(29-2)20(16)30-3)6-7-19(27)25-8-10-26(11-9-25)22-24-23-21(32-22)18-5-4-12-31-18/h4-7,12-14H,8-11H2,1-3H3/b7-6+. The number of hydrogen-bond donors (Lipinski definition) is 0. The number of carbonyl (C=O) groups is 1. The molecule has 0 N–H and O–H groups in total. The second-order valence-electron chi connectivity index (χ2n) is 6.97. The fourth-order valence-electron chi connectivity index (χ4n) is 3.43. The minimum Gasteiger partial charge on any atom is -0.493 e. The van der Waals surface area contributed by atoms with Crippen LogP contribution < -0.4 is 19.1 Å². The minimum atomic E-state index is -0.0325. The zero-order valence-corrected chi connectivity index (χ0v) is 19.7. The molecule has 0 aliphatic carbocycles. The summed E-state index contributed by atoms with van der Waals surface area (Å²) in [5, 5.41) is 12.5. The van der Waals surface area contributed by atoms with E-state index in [1.807, 2.05) is 34.5 Å². The van der Waals surface area contributed by atoms with Crippen molar-refractivity contribution < 1.29 is 19.0 Å². The third-order valence-corrected chi connectivity index (χ3v) is 7.14. The first-order valence-corrected chi connectivity index (χ1v) is 11.7. The van der Waals surface area contributed by atoms with Gasteiger partial charge in [0.15, 0.2) is 16.5 Å². The fourth-order valence-corrected chi connectivity index (χ4v) is 5.12. The number of nitrogens with zero attached hydrogens (tertiary/aromatic N) is 4. The van der Waals surface area contributed by atoms with Crippen LogP contribution in [0.5, 0.6) is 17.2 Å². The Kier molecular flexibility index (Phi) is 6.91. The highest BCUT2D eigenvalue weighted by atomic mass is 32.1. The van der Waals surface area contributed by atoms with Crippen LogP contribution in [-0.2, 0) is 4.79 Å². The average molecular weight is 473 g/mol. The maximum absolute atomic E-state index is 12.7. The highest BCUT2D eigenvalue weighted by molar-refractivity contribution is 7.22. The number of anilines is 1. The van der Waals surface area contributed by atoms with E-state index >= 15 is 0 Å². The molecule has 1 aliphatic rings. The molecule has 10 heteroatoms. The van der Waals surface area contributed by atoms with E-state index < -0.39 is 0 Å². The quantitative estimate of drug-likeness (QED) is 0.486. The van der Waals surface area contributed by atoms with Gasteiger partial charge in [0.2, 0.25) is 16.8 Å². The van der Waals surface area contributed by atoms with Gasteiger partial charge in [-0.25, -0.2) is 0 Å². The molecule has 0 unspecified atom stereocenters. The number of piperazine rings is 1. The normalized spacial score (nSPS) is 14.1. The molecule has 0 spiro atoms. The van der Waals surface area contributed by atoms with Gasteiger partial charge in [0.05, 0.1) is 26.2 Å². The zero-order chi connectivity index (χ0) is 22.5. The van der Waals surface area contributed by atoms with Gasteiger partial charge in [-0.15, -0.1) is 21.5 Å². The largest absolute Gasteiger partial charge is 0.493 e. The van der Waals surface area contributed by atoms with Crippen molar-refractivity contribution in [3.05, 3.63) is 41.3 Å². The van der Waals surface area contributed by atoms with Gasteiger partial charge in [0.1, 0.15) is 0 Å². The third kappa shape index (κ3) is 4.71.